The van der Waals surface area contributed by atoms with Gasteiger partial charge in [-0.15, -0.1) is 0 Å². The van der Waals surface area contributed by atoms with Crippen LogP contribution in [0.5, 0.6) is 5.75 Å². The van der Waals surface area contributed by atoms with Crippen LogP contribution in [0.25, 0.3) is 11.3 Å². The molecule has 1 heterocycles. The SMILES string of the molecule is CS(=O)(=O)c1cccc(-c2ccc(C(F)(F)F)cn2)c1OC1CCCC1O. The van der Waals surface area contributed by atoms with E-state index in [4.69, 9.17) is 4.74 Å². The Morgan fingerprint density at radius 2 is 1.93 bits per heavy atom. The van der Waals surface area contributed by atoms with Crippen LogP contribution >= 0.6 is 0 Å². The highest BCUT2D eigenvalue weighted by Gasteiger charge is 2.32. The molecule has 1 aromatic heterocycles. The summed E-state index contributed by atoms with van der Waals surface area (Å²) in [7, 11) is -3.67. The molecule has 146 valence electrons. The summed E-state index contributed by atoms with van der Waals surface area (Å²) in [6.45, 7) is 0. The number of pyridine rings is 1. The average molecular weight is 401 g/mol. The summed E-state index contributed by atoms with van der Waals surface area (Å²) in [5.74, 6) is -0.00166. The van der Waals surface area contributed by atoms with E-state index < -0.39 is 33.8 Å². The lowest BCUT2D eigenvalue weighted by Crippen LogP contribution is -2.26. The Bertz CT molecular complexity index is 927. The van der Waals surface area contributed by atoms with Gasteiger partial charge in [0.05, 0.1) is 17.4 Å². The Labute approximate surface area is 154 Å². The van der Waals surface area contributed by atoms with Crippen LogP contribution in [0.15, 0.2) is 41.4 Å². The van der Waals surface area contributed by atoms with Gasteiger partial charge in [-0.05, 0) is 43.5 Å². The molecule has 1 saturated carbocycles. The third kappa shape index (κ3) is 4.24. The fraction of sp³-hybridized carbons (Fsp3) is 0.389. The van der Waals surface area contributed by atoms with Crippen LogP contribution < -0.4 is 4.74 Å². The second-order valence-corrected chi connectivity index (χ2v) is 8.47. The van der Waals surface area contributed by atoms with Gasteiger partial charge in [0, 0.05) is 18.0 Å². The van der Waals surface area contributed by atoms with E-state index in [-0.39, 0.29) is 21.9 Å². The van der Waals surface area contributed by atoms with Crippen LogP contribution in [0.1, 0.15) is 24.8 Å². The molecule has 5 nitrogen and oxygen atoms in total. The van der Waals surface area contributed by atoms with E-state index in [2.05, 4.69) is 4.98 Å². The molecule has 2 atom stereocenters. The number of alkyl halides is 3. The zero-order valence-electron chi connectivity index (χ0n) is 14.4. The van der Waals surface area contributed by atoms with Crippen molar-refractivity contribution in [2.45, 2.75) is 42.5 Å². The highest BCUT2D eigenvalue weighted by molar-refractivity contribution is 7.90. The average Bonchev–Trinajstić information content (AvgIpc) is 2.98. The number of aromatic nitrogens is 1. The Morgan fingerprint density at radius 3 is 2.44 bits per heavy atom. The summed E-state index contributed by atoms with van der Waals surface area (Å²) in [6.07, 6.45) is -2.29. The summed E-state index contributed by atoms with van der Waals surface area (Å²) in [5, 5.41) is 10.0. The number of hydrogen-bond donors (Lipinski definition) is 1. The minimum atomic E-state index is -4.52. The Morgan fingerprint density at radius 1 is 1.19 bits per heavy atom. The normalized spacial score (nSPS) is 20.6. The maximum Gasteiger partial charge on any atom is 0.417 e. The van der Waals surface area contributed by atoms with E-state index in [0.29, 0.717) is 19.0 Å². The van der Waals surface area contributed by atoms with Crippen LogP contribution in [0.4, 0.5) is 13.2 Å². The maximum absolute atomic E-state index is 12.8. The number of benzene rings is 1. The van der Waals surface area contributed by atoms with Crippen molar-refractivity contribution >= 4 is 9.84 Å². The Balaban J connectivity index is 2.09. The van der Waals surface area contributed by atoms with E-state index in [0.717, 1.165) is 18.7 Å². The molecule has 0 amide bonds. The van der Waals surface area contributed by atoms with E-state index in [1.807, 2.05) is 0 Å². The van der Waals surface area contributed by atoms with Crippen molar-refractivity contribution in [3.05, 3.63) is 42.1 Å². The van der Waals surface area contributed by atoms with Gasteiger partial charge >= 0.3 is 6.18 Å². The minimum absolute atomic E-state index is 0.00166. The molecule has 0 saturated heterocycles. The number of ether oxygens (including phenoxy) is 1. The molecule has 2 unspecified atom stereocenters. The summed E-state index contributed by atoms with van der Waals surface area (Å²) in [6, 6.07) is 6.41. The minimum Gasteiger partial charge on any atom is -0.486 e. The molecule has 9 heteroatoms. The topological polar surface area (TPSA) is 76.5 Å². The second kappa shape index (κ2) is 7.12. The lowest BCUT2D eigenvalue weighted by atomic mass is 10.1. The van der Waals surface area contributed by atoms with Gasteiger partial charge in [0.2, 0.25) is 0 Å². The number of hydrogen-bond acceptors (Lipinski definition) is 5. The van der Waals surface area contributed by atoms with Gasteiger partial charge in [0.25, 0.3) is 0 Å². The fourth-order valence-electron chi connectivity index (χ4n) is 3.05. The molecule has 1 fully saturated rings. The maximum atomic E-state index is 12.8. The number of aliphatic hydroxyl groups excluding tert-OH is 1. The third-order valence-corrected chi connectivity index (χ3v) is 5.55. The Kier molecular flexibility index (Phi) is 5.18. The van der Waals surface area contributed by atoms with Gasteiger partial charge in [-0.25, -0.2) is 8.42 Å². The van der Waals surface area contributed by atoms with E-state index in [1.54, 1.807) is 0 Å². The van der Waals surface area contributed by atoms with Crippen molar-refractivity contribution < 1.29 is 31.4 Å². The smallest absolute Gasteiger partial charge is 0.417 e. The van der Waals surface area contributed by atoms with Gasteiger partial charge in [0.1, 0.15) is 16.7 Å². The molecule has 3 rings (SSSR count). The van der Waals surface area contributed by atoms with Gasteiger partial charge < -0.3 is 9.84 Å². The van der Waals surface area contributed by atoms with E-state index in [9.17, 15) is 26.7 Å². The van der Waals surface area contributed by atoms with Crippen LogP contribution in [-0.2, 0) is 16.0 Å². The van der Waals surface area contributed by atoms with Gasteiger partial charge in [0.15, 0.2) is 9.84 Å². The molecule has 0 bridgehead atoms. The quantitative estimate of drug-likeness (QED) is 0.849. The fourth-order valence-corrected chi connectivity index (χ4v) is 3.87. The number of halogens is 3. The van der Waals surface area contributed by atoms with Gasteiger partial charge in [-0.1, -0.05) is 6.07 Å². The molecule has 1 N–H and O–H groups in total. The first kappa shape index (κ1) is 19.6. The summed E-state index contributed by atoms with van der Waals surface area (Å²) in [4.78, 5) is 3.74. The highest BCUT2D eigenvalue weighted by atomic mass is 32.2. The van der Waals surface area contributed by atoms with Crippen molar-refractivity contribution in [3.63, 3.8) is 0 Å². The molecular weight excluding hydrogens is 383 g/mol. The first-order valence-electron chi connectivity index (χ1n) is 8.29. The monoisotopic (exact) mass is 401 g/mol. The summed E-state index contributed by atoms with van der Waals surface area (Å²) in [5.41, 5.74) is -0.499. The number of para-hydroxylation sites is 1. The van der Waals surface area contributed by atoms with Gasteiger partial charge in [-0.3, -0.25) is 4.98 Å². The number of sulfone groups is 1. The highest BCUT2D eigenvalue weighted by Crippen LogP contribution is 2.38. The molecule has 0 radical (unpaired) electrons. The predicted molar refractivity (Wildman–Crippen MR) is 92.1 cm³/mol. The second-order valence-electron chi connectivity index (χ2n) is 6.49. The molecular formula is C18H18F3NO4S. The van der Waals surface area contributed by atoms with Crippen molar-refractivity contribution in [3.8, 4) is 17.0 Å². The van der Waals surface area contributed by atoms with Crippen LogP contribution in [0, 0.1) is 0 Å². The Hall–Kier alpha value is -2.13. The number of rotatable bonds is 4. The molecule has 1 aliphatic rings. The number of aliphatic hydroxyl groups is 1. The molecule has 0 aliphatic heterocycles. The molecule has 27 heavy (non-hydrogen) atoms. The van der Waals surface area contributed by atoms with Crippen molar-refractivity contribution in [2.75, 3.05) is 6.26 Å². The first-order chi connectivity index (χ1) is 12.6. The van der Waals surface area contributed by atoms with Crippen molar-refractivity contribution in [2.24, 2.45) is 0 Å². The summed E-state index contributed by atoms with van der Waals surface area (Å²) >= 11 is 0. The predicted octanol–water partition coefficient (Wildman–Crippen LogP) is 3.46. The molecule has 0 spiro atoms. The lowest BCUT2D eigenvalue weighted by Gasteiger charge is -2.21. The summed E-state index contributed by atoms with van der Waals surface area (Å²) < 4.78 is 68.5. The third-order valence-electron chi connectivity index (χ3n) is 4.43. The largest absolute Gasteiger partial charge is 0.486 e. The standard InChI is InChI=1S/C18H18F3NO4S/c1-27(24,25)16-7-2-4-12(17(16)26-15-6-3-5-14(15)23)13-9-8-11(10-22-13)18(19,20)21/h2,4,7-10,14-15,23H,3,5-6H2,1H3. The lowest BCUT2D eigenvalue weighted by molar-refractivity contribution is -0.137. The van der Waals surface area contributed by atoms with Crippen molar-refractivity contribution in [1.82, 2.24) is 4.98 Å². The van der Waals surface area contributed by atoms with E-state index in [1.165, 1.54) is 24.3 Å². The zero-order chi connectivity index (χ0) is 19.8. The molecule has 2 aromatic rings. The zero-order valence-corrected chi connectivity index (χ0v) is 15.2. The van der Waals surface area contributed by atoms with E-state index >= 15 is 0 Å². The van der Waals surface area contributed by atoms with Crippen molar-refractivity contribution in [1.29, 1.82) is 0 Å². The molecule has 1 aliphatic carbocycles. The van der Waals surface area contributed by atoms with Crippen LogP contribution in [0.2, 0.25) is 0 Å². The first-order valence-corrected chi connectivity index (χ1v) is 10.2. The van der Waals surface area contributed by atoms with Crippen LogP contribution in [0.3, 0.4) is 0 Å². The molecule has 1 aromatic carbocycles. The van der Waals surface area contributed by atoms with Gasteiger partial charge in [-0.2, -0.15) is 13.2 Å². The number of nitrogens with zero attached hydrogens (tertiary/aromatic N) is 1. The van der Waals surface area contributed by atoms with Crippen LogP contribution in [-0.4, -0.2) is 37.0 Å².